The third-order valence-corrected chi connectivity index (χ3v) is 2.56. The normalized spacial score (nSPS) is 12.1. The predicted molar refractivity (Wildman–Crippen MR) is 67.6 cm³/mol. The van der Waals surface area contributed by atoms with E-state index in [4.69, 9.17) is 10.5 Å². The van der Waals surface area contributed by atoms with Crippen LogP contribution in [0.1, 0.15) is 24.1 Å². The van der Waals surface area contributed by atoms with Gasteiger partial charge >= 0.3 is 0 Å². The summed E-state index contributed by atoms with van der Waals surface area (Å²) >= 11 is 0. The molecule has 0 amide bonds. The van der Waals surface area contributed by atoms with Gasteiger partial charge in [-0.15, -0.1) is 0 Å². The largest absolute Gasteiger partial charge is 0.489 e. The number of benzene rings is 1. The zero-order valence-electron chi connectivity index (χ0n) is 9.84. The second-order valence-corrected chi connectivity index (χ2v) is 4.00. The number of pyridine rings is 1. The lowest BCUT2D eigenvalue weighted by atomic mass is 10.1. The Hall–Kier alpha value is -1.87. The molecule has 2 N–H and O–H groups in total. The number of aromatic nitrogens is 1. The summed E-state index contributed by atoms with van der Waals surface area (Å²) in [7, 11) is 0. The van der Waals surface area contributed by atoms with Crippen LogP contribution in [0.5, 0.6) is 5.75 Å². The van der Waals surface area contributed by atoms with Crippen molar-refractivity contribution in [3.05, 3.63) is 59.9 Å². The van der Waals surface area contributed by atoms with E-state index >= 15 is 0 Å². The van der Waals surface area contributed by atoms with Crippen molar-refractivity contribution >= 4 is 0 Å². The fourth-order valence-electron chi connectivity index (χ4n) is 1.51. The molecule has 1 unspecified atom stereocenters. The molecule has 0 bridgehead atoms. The number of nitrogens with zero attached hydrogens (tertiary/aromatic N) is 1. The molecule has 3 nitrogen and oxygen atoms in total. The van der Waals surface area contributed by atoms with Gasteiger partial charge in [-0.25, -0.2) is 0 Å². The lowest BCUT2D eigenvalue weighted by Crippen LogP contribution is -2.04. The van der Waals surface area contributed by atoms with Crippen LogP contribution < -0.4 is 10.5 Å². The third kappa shape index (κ3) is 3.29. The van der Waals surface area contributed by atoms with Crippen molar-refractivity contribution < 1.29 is 4.74 Å². The van der Waals surface area contributed by atoms with Gasteiger partial charge in [0, 0.05) is 18.4 Å². The summed E-state index contributed by atoms with van der Waals surface area (Å²) in [6, 6.07) is 11.8. The van der Waals surface area contributed by atoms with E-state index in [0.29, 0.717) is 6.61 Å². The highest BCUT2D eigenvalue weighted by atomic mass is 16.5. The molecule has 0 saturated carbocycles. The molecule has 1 aromatic heterocycles. The van der Waals surface area contributed by atoms with Crippen LogP contribution >= 0.6 is 0 Å². The summed E-state index contributed by atoms with van der Waals surface area (Å²) < 4.78 is 5.66. The van der Waals surface area contributed by atoms with Gasteiger partial charge in [0.1, 0.15) is 12.4 Å². The standard InChI is InChI=1S/C14H16N2O/c1-11(15)13-2-4-14(5-3-13)17-10-12-6-8-16-9-7-12/h2-9,11H,10,15H2,1H3. The molecule has 0 radical (unpaired) electrons. The molecule has 0 saturated heterocycles. The summed E-state index contributed by atoms with van der Waals surface area (Å²) in [6.45, 7) is 2.52. The average molecular weight is 228 g/mol. The molecule has 0 aliphatic rings. The topological polar surface area (TPSA) is 48.1 Å². The smallest absolute Gasteiger partial charge is 0.119 e. The second kappa shape index (κ2) is 5.46. The summed E-state index contributed by atoms with van der Waals surface area (Å²) in [5.41, 5.74) is 8.00. The monoisotopic (exact) mass is 228 g/mol. The van der Waals surface area contributed by atoms with Gasteiger partial charge in [0.15, 0.2) is 0 Å². The summed E-state index contributed by atoms with van der Waals surface area (Å²) in [5.74, 6) is 0.853. The number of hydrogen-bond acceptors (Lipinski definition) is 3. The van der Waals surface area contributed by atoms with Gasteiger partial charge in [0.05, 0.1) is 0 Å². The van der Waals surface area contributed by atoms with Gasteiger partial charge in [0.2, 0.25) is 0 Å². The van der Waals surface area contributed by atoms with Crippen LogP contribution in [0.15, 0.2) is 48.8 Å². The average Bonchev–Trinajstić information content (AvgIpc) is 2.38. The summed E-state index contributed by atoms with van der Waals surface area (Å²) in [4.78, 5) is 3.96. The van der Waals surface area contributed by atoms with Crippen LogP contribution in [0.25, 0.3) is 0 Å². The number of nitrogens with two attached hydrogens (primary N) is 1. The quantitative estimate of drug-likeness (QED) is 0.875. The van der Waals surface area contributed by atoms with E-state index in [2.05, 4.69) is 4.98 Å². The first-order valence-corrected chi connectivity index (χ1v) is 5.63. The summed E-state index contributed by atoms with van der Waals surface area (Å²) in [6.07, 6.45) is 3.52. The number of hydrogen-bond donors (Lipinski definition) is 1. The second-order valence-electron chi connectivity index (χ2n) is 4.00. The zero-order valence-corrected chi connectivity index (χ0v) is 9.84. The lowest BCUT2D eigenvalue weighted by molar-refractivity contribution is 0.306. The van der Waals surface area contributed by atoms with Crippen LogP contribution in [0.3, 0.4) is 0 Å². The van der Waals surface area contributed by atoms with Crippen molar-refractivity contribution in [1.29, 1.82) is 0 Å². The van der Waals surface area contributed by atoms with E-state index in [9.17, 15) is 0 Å². The third-order valence-electron chi connectivity index (χ3n) is 2.56. The molecule has 2 rings (SSSR count). The molecule has 88 valence electrons. The van der Waals surface area contributed by atoms with E-state index in [-0.39, 0.29) is 6.04 Å². The van der Waals surface area contributed by atoms with Crippen molar-refractivity contribution in [2.75, 3.05) is 0 Å². The van der Waals surface area contributed by atoms with E-state index in [0.717, 1.165) is 16.9 Å². The SMILES string of the molecule is CC(N)c1ccc(OCc2ccncc2)cc1. The lowest BCUT2D eigenvalue weighted by Gasteiger charge is -2.08. The Labute approximate surface area is 101 Å². The van der Waals surface area contributed by atoms with Crippen LogP contribution in [-0.2, 0) is 6.61 Å². The minimum atomic E-state index is 0.0595. The Morgan fingerprint density at radius 1 is 1.12 bits per heavy atom. The molecular weight excluding hydrogens is 212 g/mol. The number of rotatable bonds is 4. The Balaban J connectivity index is 1.96. The minimum absolute atomic E-state index is 0.0595. The van der Waals surface area contributed by atoms with Crippen molar-refractivity contribution in [1.82, 2.24) is 4.98 Å². The van der Waals surface area contributed by atoms with Crippen LogP contribution in [0.2, 0.25) is 0 Å². The van der Waals surface area contributed by atoms with Gasteiger partial charge in [-0.05, 0) is 42.3 Å². The minimum Gasteiger partial charge on any atom is -0.489 e. The predicted octanol–water partition coefficient (Wildman–Crippen LogP) is 2.68. The molecule has 0 fully saturated rings. The Morgan fingerprint density at radius 2 is 1.76 bits per heavy atom. The van der Waals surface area contributed by atoms with Gasteiger partial charge in [-0.2, -0.15) is 0 Å². The first kappa shape index (κ1) is 11.6. The molecule has 0 aliphatic heterocycles. The van der Waals surface area contributed by atoms with E-state index in [1.54, 1.807) is 12.4 Å². The molecule has 1 aromatic carbocycles. The maximum Gasteiger partial charge on any atom is 0.119 e. The van der Waals surface area contributed by atoms with Crippen LogP contribution in [0.4, 0.5) is 0 Å². The van der Waals surface area contributed by atoms with Gasteiger partial charge < -0.3 is 10.5 Å². The molecule has 17 heavy (non-hydrogen) atoms. The van der Waals surface area contributed by atoms with Crippen molar-refractivity contribution in [3.63, 3.8) is 0 Å². The van der Waals surface area contributed by atoms with Crippen molar-refractivity contribution in [2.45, 2.75) is 19.6 Å². The maximum atomic E-state index is 5.78. The fourth-order valence-corrected chi connectivity index (χ4v) is 1.51. The maximum absolute atomic E-state index is 5.78. The van der Waals surface area contributed by atoms with Gasteiger partial charge in [-0.1, -0.05) is 12.1 Å². The van der Waals surface area contributed by atoms with E-state index in [1.165, 1.54) is 0 Å². The van der Waals surface area contributed by atoms with Crippen molar-refractivity contribution in [3.8, 4) is 5.75 Å². The molecule has 1 atom stereocenters. The van der Waals surface area contributed by atoms with Crippen LogP contribution in [-0.4, -0.2) is 4.98 Å². The van der Waals surface area contributed by atoms with E-state index in [1.807, 2.05) is 43.3 Å². The van der Waals surface area contributed by atoms with E-state index < -0.39 is 0 Å². The van der Waals surface area contributed by atoms with Crippen LogP contribution in [0, 0.1) is 0 Å². The highest BCUT2D eigenvalue weighted by Crippen LogP contribution is 2.17. The fraction of sp³-hybridized carbons (Fsp3) is 0.214. The summed E-state index contributed by atoms with van der Waals surface area (Å²) in [5, 5.41) is 0. The molecule has 3 heteroatoms. The molecule has 0 spiro atoms. The Kier molecular flexibility index (Phi) is 3.73. The highest BCUT2D eigenvalue weighted by molar-refractivity contribution is 5.29. The first-order chi connectivity index (χ1) is 8.25. The Bertz CT molecular complexity index is 451. The highest BCUT2D eigenvalue weighted by Gasteiger charge is 2.00. The first-order valence-electron chi connectivity index (χ1n) is 5.63. The number of ether oxygens (including phenoxy) is 1. The molecule has 2 aromatic rings. The van der Waals surface area contributed by atoms with Gasteiger partial charge in [0.25, 0.3) is 0 Å². The zero-order chi connectivity index (χ0) is 12.1. The van der Waals surface area contributed by atoms with Gasteiger partial charge in [-0.3, -0.25) is 4.98 Å². The molecule has 0 aliphatic carbocycles. The molecular formula is C14H16N2O. The van der Waals surface area contributed by atoms with Crippen molar-refractivity contribution in [2.24, 2.45) is 5.73 Å². The Morgan fingerprint density at radius 3 is 2.35 bits per heavy atom. The molecule has 1 heterocycles.